The van der Waals surface area contributed by atoms with Crippen molar-refractivity contribution in [1.82, 2.24) is 15.0 Å². The Morgan fingerprint density at radius 1 is 1.32 bits per heavy atom. The molecule has 142 valence electrons. The molecule has 1 aromatic carbocycles. The Morgan fingerprint density at radius 2 is 2.14 bits per heavy atom. The van der Waals surface area contributed by atoms with E-state index in [9.17, 15) is 4.79 Å². The Kier molecular flexibility index (Phi) is 4.67. The molecule has 8 heteroatoms. The molecular formula is C20H18N4O4. The summed E-state index contributed by atoms with van der Waals surface area (Å²) in [5.41, 5.74) is 3.31. The molecule has 0 saturated heterocycles. The molecule has 0 radical (unpaired) electrons. The first-order valence-corrected chi connectivity index (χ1v) is 8.63. The predicted molar refractivity (Wildman–Crippen MR) is 101 cm³/mol. The fourth-order valence-corrected chi connectivity index (χ4v) is 2.90. The minimum atomic E-state index is -1.02. The van der Waals surface area contributed by atoms with Crippen molar-refractivity contribution in [2.24, 2.45) is 0 Å². The van der Waals surface area contributed by atoms with Gasteiger partial charge in [-0.05, 0) is 24.1 Å². The lowest BCUT2D eigenvalue weighted by Crippen LogP contribution is -2.24. The van der Waals surface area contributed by atoms with Crippen molar-refractivity contribution in [3.8, 4) is 11.3 Å². The Morgan fingerprint density at radius 3 is 2.82 bits per heavy atom. The Hall–Kier alpha value is -3.81. The van der Waals surface area contributed by atoms with Gasteiger partial charge in [-0.2, -0.15) is 0 Å². The third-order valence-electron chi connectivity index (χ3n) is 4.30. The Labute approximate surface area is 161 Å². The van der Waals surface area contributed by atoms with Gasteiger partial charge in [0.15, 0.2) is 0 Å². The third kappa shape index (κ3) is 3.52. The zero-order valence-corrected chi connectivity index (χ0v) is 15.1. The molecule has 0 atom stereocenters. The van der Waals surface area contributed by atoms with Crippen LogP contribution in [0.1, 0.15) is 21.6 Å². The Bertz CT molecular complexity index is 1030. The Balaban J connectivity index is 1.73. The molecule has 2 aromatic heterocycles. The number of carboxylic acid groups (broad SMARTS) is 1. The molecule has 0 saturated carbocycles. The van der Waals surface area contributed by atoms with Crippen LogP contribution in [0.25, 0.3) is 11.3 Å². The molecular weight excluding hydrogens is 360 g/mol. The van der Waals surface area contributed by atoms with Crippen LogP contribution < -0.4 is 4.90 Å². The van der Waals surface area contributed by atoms with Crippen molar-refractivity contribution >= 4 is 11.9 Å². The van der Waals surface area contributed by atoms with Crippen LogP contribution in [0.3, 0.4) is 0 Å². The summed E-state index contributed by atoms with van der Waals surface area (Å²) in [5, 5.41) is 9.15. The van der Waals surface area contributed by atoms with E-state index in [0.717, 1.165) is 11.1 Å². The smallest absolute Gasteiger partial charge is 0.352 e. The normalized spacial score (nSPS) is 12.8. The second-order valence-corrected chi connectivity index (χ2v) is 6.27. The van der Waals surface area contributed by atoms with Gasteiger partial charge in [0.05, 0.1) is 12.2 Å². The summed E-state index contributed by atoms with van der Waals surface area (Å²) < 4.78 is 10.8. The molecule has 0 amide bonds. The molecule has 0 unspecified atom stereocenters. The van der Waals surface area contributed by atoms with Gasteiger partial charge in [-0.15, -0.1) is 0 Å². The van der Waals surface area contributed by atoms with Gasteiger partial charge in [0.1, 0.15) is 12.0 Å². The van der Waals surface area contributed by atoms with Crippen LogP contribution >= 0.6 is 0 Å². The number of aryl methyl sites for hydroxylation is 1. The van der Waals surface area contributed by atoms with Gasteiger partial charge < -0.3 is 19.6 Å². The summed E-state index contributed by atoms with van der Waals surface area (Å²) >= 11 is 0. The van der Waals surface area contributed by atoms with Gasteiger partial charge in [0, 0.05) is 18.0 Å². The van der Waals surface area contributed by atoms with Crippen LogP contribution in [0.4, 0.5) is 5.95 Å². The molecule has 0 bridgehead atoms. The molecule has 3 aromatic rings. The van der Waals surface area contributed by atoms with Crippen molar-refractivity contribution in [1.29, 1.82) is 0 Å². The van der Waals surface area contributed by atoms with Crippen LogP contribution in [-0.4, -0.2) is 32.8 Å². The highest BCUT2D eigenvalue weighted by Gasteiger charge is 2.22. The topological polar surface area (TPSA) is 101 Å². The number of hydrogen-bond acceptors (Lipinski definition) is 6. The number of anilines is 1. The lowest BCUT2D eigenvalue weighted by molar-refractivity contribution is 0.0691. The van der Waals surface area contributed by atoms with E-state index >= 15 is 0 Å². The second-order valence-electron chi connectivity index (χ2n) is 6.27. The first-order valence-electron chi connectivity index (χ1n) is 8.63. The number of aromatic carboxylic acids is 1. The number of nitrogens with one attached hydrogen (secondary N) is 1. The van der Waals surface area contributed by atoms with E-state index in [-0.39, 0.29) is 12.5 Å². The average molecular weight is 378 g/mol. The van der Waals surface area contributed by atoms with Gasteiger partial charge in [-0.1, -0.05) is 30.3 Å². The van der Waals surface area contributed by atoms with E-state index in [1.54, 1.807) is 18.5 Å². The second kappa shape index (κ2) is 7.43. The van der Waals surface area contributed by atoms with E-state index in [4.69, 9.17) is 14.6 Å². The number of carbonyl (C=O) groups is 1. The summed E-state index contributed by atoms with van der Waals surface area (Å²) in [5.74, 6) is -0.0798. The van der Waals surface area contributed by atoms with Gasteiger partial charge >= 0.3 is 5.97 Å². The minimum Gasteiger partial charge on any atom is -0.477 e. The molecule has 28 heavy (non-hydrogen) atoms. The number of rotatable bonds is 6. The molecule has 0 aliphatic carbocycles. The first kappa shape index (κ1) is 17.6. The maximum Gasteiger partial charge on any atom is 0.352 e. The summed E-state index contributed by atoms with van der Waals surface area (Å²) in [6.45, 7) is 2.51. The summed E-state index contributed by atoms with van der Waals surface area (Å²) in [6.07, 6.45) is 4.86. The molecule has 1 aliphatic rings. The maximum absolute atomic E-state index is 11.2. The average Bonchev–Trinajstić information content (AvgIpc) is 3.40. The first-order chi connectivity index (χ1) is 13.6. The highest BCUT2D eigenvalue weighted by atomic mass is 16.7. The number of aromatic amines is 1. The summed E-state index contributed by atoms with van der Waals surface area (Å²) in [4.78, 5) is 24.9. The molecule has 1 aliphatic heterocycles. The van der Waals surface area contributed by atoms with Crippen LogP contribution in [0, 0.1) is 6.92 Å². The van der Waals surface area contributed by atoms with Gasteiger partial charge in [-0.25, -0.2) is 14.8 Å². The van der Waals surface area contributed by atoms with Crippen molar-refractivity contribution in [3.63, 3.8) is 0 Å². The molecule has 4 rings (SSSR count). The van der Waals surface area contributed by atoms with Crippen molar-refractivity contribution in [2.45, 2.75) is 13.5 Å². The largest absolute Gasteiger partial charge is 0.477 e. The van der Waals surface area contributed by atoms with Crippen LogP contribution in [-0.2, 0) is 16.0 Å². The number of hydrogen-bond donors (Lipinski definition) is 2. The molecule has 0 fully saturated rings. The number of carboxylic acids is 1. The number of aromatic nitrogens is 3. The van der Waals surface area contributed by atoms with Crippen molar-refractivity contribution in [2.75, 3.05) is 11.7 Å². The SMILES string of the molecule is Cc1cnc(N(Cc2ccccc2)C2=COCO2)nc1-c1c[nH]c(C(=O)O)c1. The summed E-state index contributed by atoms with van der Waals surface area (Å²) in [6, 6.07) is 11.4. The fourth-order valence-electron chi connectivity index (χ4n) is 2.90. The zero-order chi connectivity index (χ0) is 19.5. The van der Waals surface area contributed by atoms with Crippen molar-refractivity contribution < 1.29 is 19.4 Å². The van der Waals surface area contributed by atoms with E-state index in [2.05, 4.69) is 15.0 Å². The fraction of sp³-hybridized carbons (Fsp3) is 0.150. The number of benzene rings is 1. The summed E-state index contributed by atoms with van der Waals surface area (Å²) in [7, 11) is 0. The minimum absolute atomic E-state index is 0.103. The van der Waals surface area contributed by atoms with Crippen LogP contribution in [0.15, 0.2) is 60.9 Å². The molecule has 8 nitrogen and oxygen atoms in total. The van der Waals surface area contributed by atoms with Gasteiger partial charge in [0.25, 0.3) is 0 Å². The molecule has 3 heterocycles. The van der Waals surface area contributed by atoms with Gasteiger partial charge in [-0.3, -0.25) is 4.90 Å². The van der Waals surface area contributed by atoms with Crippen molar-refractivity contribution in [3.05, 3.63) is 77.8 Å². The van der Waals surface area contributed by atoms with E-state index in [0.29, 0.717) is 29.6 Å². The van der Waals surface area contributed by atoms with Crippen LogP contribution in [0.2, 0.25) is 0 Å². The standard InChI is InChI=1S/C20H18N4O4/c1-13-8-22-20(23-18(13)15-7-16(19(25)26)21-9-15)24(17-11-27-12-28-17)10-14-5-3-2-4-6-14/h2-9,11,21H,10,12H2,1H3,(H,25,26). The highest BCUT2D eigenvalue weighted by molar-refractivity contribution is 5.87. The lowest BCUT2D eigenvalue weighted by Gasteiger charge is -2.22. The quantitative estimate of drug-likeness (QED) is 0.679. The maximum atomic E-state index is 11.2. The van der Waals surface area contributed by atoms with Gasteiger partial charge in [0.2, 0.25) is 18.6 Å². The van der Waals surface area contributed by atoms with E-state index < -0.39 is 5.97 Å². The monoisotopic (exact) mass is 378 g/mol. The van der Waals surface area contributed by atoms with Crippen LogP contribution in [0.5, 0.6) is 0 Å². The van der Waals surface area contributed by atoms with E-state index in [1.165, 1.54) is 6.26 Å². The highest BCUT2D eigenvalue weighted by Crippen LogP contribution is 2.27. The molecule has 2 N–H and O–H groups in total. The zero-order valence-electron chi connectivity index (χ0n) is 15.1. The third-order valence-corrected chi connectivity index (χ3v) is 4.30. The molecule has 0 spiro atoms. The number of H-pyrrole nitrogens is 1. The lowest BCUT2D eigenvalue weighted by atomic mass is 10.1. The number of ether oxygens (including phenoxy) is 2. The predicted octanol–water partition coefficient (Wildman–Crippen LogP) is 3.29. The number of nitrogens with zero attached hydrogens (tertiary/aromatic N) is 3. The van der Waals surface area contributed by atoms with E-state index in [1.807, 2.05) is 42.2 Å².